The topological polar surface area (TPSA) is 56.3 Å². The molecule has 0 radical (unpaired) electrons. The molecule has 0 spiro atoms. The molecule has 1 atom stereocenters. The minimum absolute atomic E-state index is 0.495. The van der Waals surface area contributed by atoms with Gasteiger partial charge in [0.25, 0.3) is 0 Å². The van der Waals surface area contributed by atoms with Crippen LogP contribution in [0.25, 0.3) is 27.8 Å². The van der Waals surface area contributed by atoms with Gasteiger partial charge in [-0.2, -0.15) is 5.26 Å². The summed E-state index contributed by atoms with van der Waals surface area (Å²) in [6, 6.07) is 13.3. The van der Waals surface area contributed by atoms with Crippen LogP contribution >= 0.6 is 0 Å². The number of fused-ring (bicyclic) bond motifs is 1. The predicted molar refractivity (Wildman–Crippen MR) is 125 cm³/mol. The number of hydrogen-bond acceptors (Lipinski definition) is 5. The zero-order chi connectivity index (χ0) is 21.5. The van der Waals surface area contributed by atoms with Crippen LogP contribution in [0.4, 0.5) is 5.69 Å². The van der Waals surface area contributed by atoms with Gasteiger partial charge in [0.05, 0.1) is 11.3 Å². The Hall–Kier alpha value is -3.10. The highest BCUT2D eigenvalue weighted by atomic mass is 16.3. The monoisotopic (exact) mass is 412 g/mol. The lowest BCUT2D eigenvalue weighted by molar-refractivity contribution is 0.315. The lowest BCUT2D eigenvalue weighted by Gasteiger charge is -2.25. The lowest BCUT2D eigenvalue weighted by Crippen LogP contribution is -2.31. The van der Waals surface area contributed by atoms with E-state index in [1.165, 1.54) is 0 Å². The molecule has 1 unspecified atom stereocenters. The normalized spacial score (nSPS) is 18.7. The Morgan fingerprint density at radius 1 is 1.23 bits per heavy atom. The van der Waals surface area contributed by atoms with Crippen molar-refractivity contribution in [1.82, 2.24) is 9.88 Å². The fraction of sp³-hybridized carbons (Fsp3) is 0.385. The van der Waals surface area contributed by atoms with Crippen LogP contribution in [0.1, 0.15) is 42.7 Å². The first-order chi connectivity index (χ1) is 15.1. The molecular formula is C26H28N4O. The van der Waals surface area contributed by atoms with Gasteiger partial charge in [-0.15, -0.1) is 0 Å². The molecule has 0 N–H and O–H groups in total. The fourth-order valence-corrected chi connectivity index (χ4v) is 5.01. The number of anilines is 1. The molecule has 2 aliphatic rings. The second-order valence-electron chi connectivity index (χ2n) is 8.87. The van der Waals surface area contributed by atoms with E-state index in [4.69, 9.17) is 9.40 Å². The van der Waals surface area contributed by atoms with Crippen LogP contribution in [-0.2, 0) is 0 Å². The molecule has 5 heteroatoms. The lowest BCUT2D eigenvalue weighted by atomic mass is 9.93. The van der Waals surface area contributed by atoms with Gasteiger partial charge >= 0.3 is 0 Å². The first-order valence-corrected chi connectivity index (χ1v) is 11.1. The SMILES string of the molecule is Cc1c(-c2ccccc2)c(N2CCC(N(C)C)C2)c2oc(C3=CCCC3)nc2c1C#N. The zero-order valence-corrected chi connectivity index (χ0v) is 18.5. The quantitative estimate of drug-likeness (QED) is 0.576. The third kappa shape index (κ3) is 3.32. The molecular weight excluding hydrogens is 384 g/mol. The molecule has 3 aromatic rings. The van der Waals surface area contributed by atoms with Crippen LogP contribution in [0.5, 0.6) is 0 Å². The molecule has 158 valence electrons. The fourth-order valence-electron chi connectivity index (χ4n) is 5.01. The second kappa shape index (κ2) is 7.86. The number of benzene rings is 2. The smallest absolute Gasteiger partial charge is 0.223 e. The number of nitrogens with zero attached hydrogens (tertiary/aromatic N) is 4. The van der Waals surface area contributed by atoms with Gasteiger partial charge in [0.2, 0.25) is 5.89 Å². The van der Waals surface area contributed by atoms with E-state index in [9.17, 15) is 5.26 Å². The highest BCUT2D eigenvalue weighted by Crippen LogP contribution is 2.45. The summed E-state index contributed by atoms with van der Waals surface area (Å²) in [5, 5.41) is 10.1. The Bertz CT molecular complexity index is 1200. The first-order valence-electron chi connectivity index (χ1n) is 11.1. The average Bonchev–Trinajstić information content (AvgIpc) is 3.53. The Morgan fingerprint density at radius 3 is 2.68 bits per heavy atom. The molecule has 31 heavy (non-hydrogen) atoms. The van der Waals surface area contributed by atoms with Crippen molar-refractivity contribution in [3.8, 4) is 17.2 Å². The van der Waals surface area contributed by atoms with E-state index in [-0.39, 0.29) is 0 Å². The second-order valence-corrected chi connectivity index (χ2v) is 8.87. The van der Waals surface area contributed by atoms with Gasteiger partial charge in [-0.25, -0.2) is 4.98 Å². The average molecular weight is 413 g/mol. The zero-order valence-electron chi connectivity index (χ0n) is 18.5. The van der Waals surface area contributed by atoms with Crippen LogP contribution in [-0.4, -0.2) is 43.1 Å². The summed E-state index contributed by atoms with van der Waals surface area (Å²) in [6.45, 7) is 3.94. The van der Waals surface area contributed by atoms with Crippen LogP contribution in [0, 0.1) is 18.3 Å². The van der Waals surface area contributed by atoms with Crippen molar-refractivity contribution in [3.63, 3.8) is 0 Å². The van der Waals surface area contributed by atoms with Gasteiger partial charge in [-0.05, 0) is 57.8 Å². The van der Waals surface area contributed by atoms with Crippen molar-refractivity contribution in [3.05, 3.63) is 53.4 Å². The van der Waals surface area contributed by atoms with Gasteiger partial charge in [-0.3, -0.25) is 0 Å². The van der Waals surface area contributed by atoms with Crippen LogP contribution in [0.15, 0.2) is 40.8 Å². The molecule has 1 fully saturated rings. The first kappa shape index (κ1) is 19.8. The number of hydrogen-bond donors (Lipinski definition) is 0. The maximum atomic E-state index is 10.1. The molecule has 2 heterocycles. The van der Waals surface area contributed by atoms with Gasteiger partial charge in [0.15, 0.2) is 5.58 Å². The minimum Gasteiger partial charge on any atom is -0.434 e. The summed E-state index contributed by atoms with van der Waals surface area (Å²) in [4.78, 5) is 9.58. The Kier molecular flexibility index (Phi) is 5.03. The minimum atomic E-state index is 0.495. The van der Waals surface area contributed by atoms with E-state index < -0.39 is 0 Å². The predicted octanol–water partition coefficient (Wildman–Crippen LogP) is 5.38. The van der Waals surface area contributed by atoms with Crippen LogP contribution < -0.4 is 4.90 Å². The van der Waals surface area contributed by atoms with E-state index in [2.05, 4.69) is 60.3 Å². The van der Waals surface area contributed by atoms with Crippen molar-refractivity contribution in [1.29, 1.82) is 5.26 Å². The largest absolute Gasteiger partial charge is 0.434 e. The van der Waals surface area contributed by atoms with Gasteiger partial charge in [0, 0.05) is 30.3 Å². The number of aromatic nitrogens is 1. The van der Waals surface area contributed by atoms with Crippen molar-refractivity contribution in [2.24, 2.45) is 0 Å². The molecule has 0 bridgehead atoms. The summed E-state index contributed by atoms with van der Waals surface area (Å²) in [5.74, 6) is 0.679. The number of oxazole rings is 1. The van der Waals surface area contributed by atoms with Crippen LogP contribution in [0.2, 0.25) is 0 Å². The molecule has 1 saturated heterocycles. The maximum Gasteiger partial charge on any atom is 0.223 e. The van der Waals surface area contributed by atoms with Crippen molar-refractivity contribution in [2.45, 2.75) is 38.6 Å². The maximum absolute atomic E-state index is 10.1. The Balaban J connectivity index is 1.79. The highest BCUT2D eigenvalue weighted by molar-refractivity contribution is 6.02. The van der Waals surface area contributed by atoms with E-state index >= 15 is 0 Å². The third-order valence-corrected chi connectivity index (χ3v) is 6.77. The molecule has 0 amide bonds. The summed E-state index contributed by atoms with van der Waals surface area (Å²) < 4.78 is 6.47. The summed E-state index contributed by atoms with van der Waals surface area (Å²) >= 11 is 0. The van der Waals surface area contributed by atoms with E-state index in [0.717, 1.165) is 72.3 Å². The molecule has 1 aliphatic carbocycles. The van der Waals surface area contributed by atoms with E-state index in [1.54, 1.807) is 0 Å². The van der Waals surface area contributed by atoms with Crippen molar-refractivity contribution in [2.75, 3.05) is 32.1 Å². The Labute approximate surface area is 183 Å². The summed E-state index contributed by atoms with van der Waals surface area (Å²) in [7, 11) is 4.29. The van der Waals surface area contributed by atoms with E-state index in [1.807, 2.05) is 13.0 Å². The third-order valence-electron chi connectivity index (χ3n) is 6.77. The molecule has 1 aromatic heterocycles. The highest BCUT2D eigenvalue weighted by Gasteiger charge is 2.32. The van der Waals surface area contributed by atoms with E-state index in [0.29, 0.717) is 23.0 Å². The molecule has 0 saturated carbocycles. The standard InChI is InChI=1S/C26H28N4O/c1-17-21(15-27)23-25(31-26(28-23)19-11-7-8-12-19)24(22(17)18-9-5-4-6-10-18)30-14-13-20(16-30)29(2)3/h4-6,9-11,20H,7-8,12-14,16H2,1-3H3. The van der Waals surface area contributed by atoms with Gasteiger partial charge < -0.3 is 14.2 Å². The van der Waals surface area contributed by atoms with Crippen molar-refractivity contribution < 1.29 is 4.42 Å². The number of likely N-dealkylation sites (N-methyl/N-ethyl adjacent to an activating group) is 1. The summed E-state index contributed by atoms with van der Waals surface area (Å²) in [5.41, 5.74) is 7.50. The van der Waals surface area contributed by atoms with Crippen molar-refractivity contribution >= 4 is 22.4 Å². The molecule has 2 aromatic carbocycles. The van der Waals surface area contributed by atoms with Gasteiger partial charge in [-0.1, -0.05) is 36.4 Å². The number of nitriles is 1. The van der Waals surface area contributed by atoms with Crippen LogP contribution in [0.3, 0.4) is 0 Å². The molecule has 1 aliphatic heterocycles. The molecule has 5 rings (SSSR count). The van der Waals surface area contributed by atoms with Gasteiger partial charge in [0.1, 0.15) is 11.6 Å². The number of rotatable bonds is 4. The number of allylic oxidation sites excluding steroid dienone is 2. The molecule has 5 nitrogen and oxygen atoms in total. The Morgan fingerprint density at radius 2 is 2.03 bits per heavy atom. The summed E-state index contributed by atoms with van der Waals surface area (Å²) in [6.07, 6.45) is 6.52.